The fourth-order valence-electron chi connectivity index (χ4n) is 2.82. The maximum Gasteiger partial charge on any atom is 0.392 e. The minimum atomic E-state index is -4.27. The molecule has 2 unspecified atom stereocenters. The Morgan fingerprint density at radius 3 is 2.47 bits per heavy atom. The predicted octanol–water partition coefficient (Wildman–Crippen LogP) is 2.51. The molecule has 0 aromatic carbocycles. The van der Waals surface area contributed by atoms with Gasteiger partial charge in [0.1, 0.15) is 0 Å². The van der Waals surface area contributed by atoms with Crippen LogP contribution in [0.1, 0.15) is 32.6 Å². The number of carbonyl (C=O) groups excluding carboxylic acids is 1. The Morgan fingerprint density at radius 2 is 1.95 bits per heavy atom. The van der Waals surface area contributed by atoms with Gasteiger partial charge in [-0.25, -0.2) is 0 Å². The maximum atomic E-state index is 12.9. The summed E-state index contributed by atoms with van der Waals surface area (Å²) in [4.78, 5) is 12.0. The molecule has 1 saturated carbocycles. The minimum Gasteiger partial charge on any atom is -0.380 e. The number of carbonyl (C=O) groups is 1. The number of amides is 1. The van der Waals surface area contributed by atoms with Crippen molar-refractivity contribution >= 4 is 5.91 Å². The molecule has 1 N–H and O–H groups in total. The highest BCUT2D eigenvalue weighted by atomic mass is 19.4. The average Bonchev–Trinajstić information content (AvgIpc) is 2.32. The Balaban J connectivity index is 1.92. The van der Waals surface area contributed by atoms with Gasteiger partial charge in [0.15, 0.2) is 0 Å². The van der Waals surface area contributed by atoms with Crippen LogP contribution >= 0.6 is 0 Å². The fourth-order valence-corrected chi connectivity index (χ4v) is 2.82. The third-order valence-electron chi connectivity index (χ3n) is 4.11. The van der Waals surface area contributed by atoms with Crippen molar-refractivity contribution in [1.29, 1.82) is 0 Å². The van der Waals surface area contributed by atoms with Crippen molar-refractivity contribution in [3.63, 3.8) is 0 Å². The lowest BCUT2D eigenvalue weighted by Gasteiger charge is -2.39. The molecule has 2 fully saturated rings. The van der Waals surface area contributed by atoms with E-state index in [-0.39, 0.29) is 11.8 Å². The van der Waals surface area contributed by atoms with Crippen LogP contribution in [0, 0.1) is 17.3 Å². The van der Waals surface area contributed by atoms with Crippen molar-refractivity contribution in [2.24, 2.45) is 17.3 Å². The molecule has 6 heteroatoms. The number of nitrogens with one attached hydrogen (secondary N) is 1. The SMILES string of the molecule is CC1(CNC(=O)C2CCCCC2C(F)(F)F)COC1. The molecule has 0 aromatic rings. The van der Waals surface area contributed by atoms with Crippen molar-refractivity contribution in [3.05, 3.63) is 0 Å². The zero-order valence-corrected chi connectivity index (χ0v) is 11.1. The van der Waals surface area contributed by atoms with Gasteiger partial charge in [0, 0.05) is 17.9 Å². The third-order valence-corrected chi connectivity index (χ3v) is 4.11. The molecule has 1 aliphatic heterocycles. The Bertz CT molecular complexity index is 339. The van der Waals surface area contributed by atoms with Gasteiger partial charge in [-0.3, -0.25) is 4.79 Å². The Kier molecular flexibility index (Phi) is 4.08. The third kappa shape index (κ3) is 3.41. The van der Waals surface area contributed by atoms with Gasteiger partial charge >= 0.3 is 6.18 Å². The highest BCUT2D eigenvalue weighted by molar-refractivity contribution is 5.79. The van der Waals surface area contributed by atoms with E-state index in [1.54, 1.807) is 0 Å². The van der Waals surface area contributed by atoms with Crippen molar-refractivity contribution in [3.8, 4) is 0 Å². The molecular formula is C13H20F3NO2. The van der Waals surface area contributed by atoms with Crippen molar-refractivity contribution < 1.29 is 22.7 Å². The molecular weight excluding hydrogens is 259 g/mol. The van der Waals surface area contributed by atoms with E-state index in [4.69, 9.17) is 4.74 Å². The van der Waals surface area contributed by atoms with Crippen LogP contribution in [0.4, 0.5) is 13.2 Å². The highest BCUT2D eigenvalue weighted by Gasteiger charge is 2.48. The van der Waals surface area contributed by atoms with Gasteiger partial charge in [0.05, 0.1) is 19.1 Å². The van der Waals surface area contributed by atoms with Crippen LogP contribution in [-0.2, 0) is 9.53 Å². The van der Waals surface area contributed by atoms with E-state index in [1.165, 1.54) is 0 Å². The summed E-state index contributed by atoms with van der Waals surface area (Å²) in [5.41, 5.74) is -0.113. The first kappa shape index (κ1) is 14.6. The smallest absolute Gasteiger partial charge is 0.380 e. The first-order valence-corrected chi connectivity index (χ1v) is 6.74. The van der Waals surface area contributed by atoms with Crippen LogP contribution in [-0.4, -0.2) is 31.8 Å². The lowest BCUT2D eigenvalue weighted by molar-refractivity contribution is -0.198. The number of alkyl halides is 3. The molecule has 2 atom stereocenters. The van der Waals surface area contributed by atoms with Crippen LogP contribution < -0.4 is 5.32 Å². The van der Waals surface area contributed by atoms with E-state index in [1.807, 2.05) is 6.92 Å². The van der Waals surface area contributed by atoms with Gasteiger partial charge in [-0.1, -0.05) is 19.8 Å². The van der Waals surface area contributed by atoms with Crippen molar-refractivity contribution in [1.82, 2.24) is 5.32 Å². The van der Waals surface area contributed by atoms with Crippen molar-refractivity contribution in [2.75, 3.05) is 19.8 Å². The standard InChI is InChI=1S/C13H20F3NO2/c1-12(7-19-8-12)6-17-11(18)9-4-2-3-5-10(9)13(14,15)16/h9-10H,2-8H2,1H3,(H,17,18). The molecule has 19 heavy (non-hydrogen) atoms. The zero-order valence-electron chi connectivity index (χ0n) is 11.1. The molecule has 0 aromatic heterocycles. The fraction of sp³-hybridized carbons (Fsp3) is 0.923. The largest absolute Gasteiger partial charge is 0.392 e. The summed E-state index contributed by atoms with van der Waals surface area (Å²) in [6.07, 6.45) is -2.61. The minimum absolute atomic E-state index is 0.0714. The first-order valence-electron chi connectivity index (χ1n) is 6.74. The summed E-state index contributed by atoms with van der Waals surface area (Å²) in [7, 11) is 0. The monoisotopic (exact) mass is 279 g/mol. The summed E-state index contributed by atoms with van der Waals surface area (Å²) in [5.74, 6) is -2.85. The lowest BCUT2D eigenvalue weighted by Crippen LogP contribution is -2.51. The summed E-state index contributed by atoms with van der Waals surface area (Å²) < 4.78 is 43.8. The van der Waals surface area contributed by atoms with Gasteiger partial charge in [0.25, 0.3) is 0 Å². The quantitative estimate of drug-likeness (QED) is 0.862. The second-order valence-electron chi connectivity index (χ2n) is 6.06. The second kappa shape index (κ2) is 5.31. The maximum absolute atomic E-state index is 12.9. The normalized spacial score (nSPS) is 30.5. The number of hydrogen-bond acceptors (Lipinski definition) is 2. The summed E-state index contributed by atoms with van der Waals surface area (Å²) in [6, 6.07) is 0. The van der Waals surface area contributed by atoms with Gasteiger partial charge in [-0.05, 0) is 12.8 Å². The van der Waals surface area contributed by atoms with Gasteiger partial charge in [-0.2, -0.15) is 13.2 Å². The number of ether oxygens (including phenoxy) is 1. The van der Waals surface area contributed by atoms with Gasteiger partial charge in [0.2, 0.25) is 5.91 Å². The van der Waals surface area contributed by atoms with Gasteiger partial charge in [-0.15, -0.1) is 0 Å². The topological polar surface area (TPSA) is 38.3 Å². The summed E-state index contributed by atoms with van der Waals surface area (Å²) in [5, 5.41) is 2.68. The Morgan fingerprint density at radius 1 is 1.32 bits per heavy atom. The molecule has 2 rings (SSSR count). The molecule has 1 saturated heterocycles. The average molecular weight is 279 g/mol. The summed E-state index contributed by atoms with van der Waals surface area (Å²) in [6.45, 7) is 3.47. The van der Waals surface area contributed by atoms with Crippen LogP contribution in [0.15, 0.2) is 0 Å². The zero-order chi connectivity index (χ0) is 14.1. The van der Waals surface area contributed by atoms with Crippen LogP contribution in [0.2, 0.25) is 0 Å². The van der Waals surface area contributed by atoms with E-state index in [9.17, 15) is 18.0 Å². The molecule has 1 aliphatic carbocycles. The lowest BCUT2D eigenvalue weighted by atomic mass is 9.78. The Hall–Kier alpha value is -0.780. The molecule has 0 spiro atoms. The van der Waals surface area contributed by atoms with Crippen LogP contribution in [0.5, 0.6) is 0 Å². The molecule has 0 bridgehead atoms. The van der Waals surface area contributed by atoms with E-state index in [2.05, 4.69) is 5.32 Å². The van der Waals surface area contributed by atoms with E-state index in [0.29, 0.717) is 39.0 Å². The van der Waals surface area contributed by atoms with Crippen LogP contribution in [0.25, 0.3) is 0 Å². The molecule has 110 valence electrons. The molecule has 2 aliphatic rings. The molecule has 1 heterocycles. The molecule has 0 radical (unpaired) electrons. The predicted molar refractivity (Wildman–Crippen MR) is 63.4 cm³/mol. The number of hydrogen-bond donors (Lipinski definition) is 1. The number of halogens is 3. The summed E-state index contributed by atoms with van der Waals surface area (Å²) >= 11 is 0. The van der Waals surface area contributed by atoms with E-state index >= 15 is 0 Å². The number of rotatable bonds is 3. The van der Waals surface area contributed by atoms with Crippen LogP contribution in [0.3, 0.4) is 0 Å². The van der Waals surface area contributed by atoms with Crippen molar-refractivity contribution in [2.45, 2.75) is 38.8 Å². The molecule has 3 nitrogen and oxygen atoms in total. The van der Waals surface area contributed by atoms with E-state index in [0.717, 1.165) is 0 Å². The Labute approximate surface area is 110 Å². The molecule has 1 amide bonds. The highest BCUT2D eigenvalue weighted by Crippen LogP contribution is 2.41. The van der Waals surface area contributed by atoms with E-state index < -0.39 is 23.9 Å². The second-order valence-corrected chi connectivity index (χ2v) is 6.06. The van der Waals surface area contributed by atoms with Gasteiger partial charge < -0.3 is 10.1 Å². The first-order chi connectivity index (χ1) is 8.82.